The smallest absolute Gasteiger partial charge is 0.330 e. The van der Waals surface area contributed by atoms with Crippen LogP contribution >= 0.6 is 0 Å². The van der Waals surface area contributed by atoms with Crippen molar-refractivity contribution >= 4 is 12.0 Å². The molecular formula is C19H22FN3O3. The number of nitrogens with one attached hydrogen (secondary N) is 1. The summed E-state index contributed by atoms with van der Waals surface area (Å²) >= 11 is 0. The second-order valence-corrected chi connectivity index (χ2v) is 6.46. The minimum Gasteiger partial charge on any atom is -0.345 e. The van der Waals surface area contributed by atoms with Gasteiger partial charge in [-0.1, -0.05) is 26.0 Å². The standard InChI is InChI=1S/C19H22FN3O3/c1-12(2)17(13-5-8-15(20)9-6-13)21-16(24)10-7-14-11-22(3)19(26)23(4)18(14)25/h5-12,17H,1-4H3,(H,21,24)/b10-7+/t17-/m0/s1. The summed E-state index contributed by atoms with van der Waals surface area (Å²) in [6, 6.07) is 5.66. The molecule has 6 nitrogen and oxygen atoms in total. The predicted molar refractivity (Wildman–Crippen MR) is 98.1 cm³/mol. The van der Waals surface area contributed by atoms with E-state index in [9.17, 15) is 18.8 Å². The van der Waals surface area contributed by atoms with Gasteiger partial charge in [-0.3, -0.25) is 14.2 Å². The van der Waals surface area contributed by atoms with Crippen molar-refractivity contribution in [2.45, 2.75) is 19.9 Å². The van der Waals surface area contributed by atoms with Crippen LogP contribution in [0.25, 0.3) is 6.08 Å². The van der Waals surface area contributed by atoms with Crippen molar-refractivity contribution < 1.29 is 9.18 Å². The first kappa shape index (κ1) is 19.4. The molecule has 1 amide bonds. The van der Waals surface area contributed by atoms with Gasteiger partial charge >= 0.3 is 5.69 Å². The zero-order valence-corrected chi connectivity index (χ0v) is 15.2. The van der Waals surface area contributed by atoms with E-state index in [1.807, 2.05) is 13.8 Å². The van der Waals surface area contributed by atoms with Gasteiger partial charge in [0.1, 0.15) is 5.82 Å². The van der Waals surface area contributed by atoms with Gasteiger partial charge in [-0.2, -0.15) is 0 Å². The van der Waals surface area contributed by atoms with E-state index in [1.165, 1.54) is 49.1 Å². The Bertz CT molecular complexity index is 940. The minimum atomic E-state index is -0.476. The molecule has 1 atom stereocenters. The first-order chi connectivity index (χ1) is 12.2. The molecule has 7 heteroatoms. The van der Waals surface area contributed by atoms with Crippen LogP contribution < -0.4 is 16.6 Å². The number of hydrogen-bond donors (Lipinski definition) is 1. The molecule has 0 aliphatic rings. The summed E-state index contributed by atoms with van der Waals surface area (Å²) in [4.78, 5) is 36.0. The third kappa shape index (κ3) is 4.36. The van der Waals surface area contributed by atoms with E-state index in [0.29, 0.717) is 0 Å². The fraction of sp³-hybridized carbons (Fsp3) is 0.316. The Morgan fingerprint density at radius 2 is 1.77 bits per heavy atom. The number of aryl methyl sites for hydroxylation is 1. The summed E-state index contributed by atoms with van der Waals surface area (Å²) in [7, 11) is 2.91. The van der Waals surface area contributed by atoms with Crippen LogP contribution in [-0.4, -0.2) is 15.0 Å². The Hall–Kier alpha value is -2.96. The monoisotopic (exact) mass is 359 g/mol. The summed E-state index contributed by atoms with van der Waals surface area (Å²) < 4.78 is 15.4. The van der Waals surface area contributed by atoms with Crippen molar-refractivity contribution in [3.8, 4) is 0 Å². The number of nitrogens with zero attached hydrogens (tertiary/aromatic N) is 2. The van der Waals surface area contributed by atoms with Gasteiger partial charge in [0.05, 0.1) is 11.6 Å². The third-order valence-corrected chi connectivity index (χ3v) is 4.08. The summed E-state index contributed by atoms with van der Waals surface area (Å²) in [6.45, 7) is 3.89. The molecule has 0 saturated carbocycles. The predicted octanol–water partition coefficient (Wildman–Crippen LogP) is 1.75. The van der Waals surface area contributed by atoms with E-state index in [-0.39, 0.29) is 29.2 Å². The fourth-order valence-electron chi connectivity index (χ4n) is 2.62. The molecule has 2 rings (SSSR count). The van der Waals surface area contributed by atoms with Crippen LogP contribution in [-0.2, 0) is 18.9 Å². The Morgan fingerprint density at radius 1 is 1.15 bits per heavy atom. The lowest BCUT2D eigenvalue weighted by molar-refractivity contribution is -0.117. The quantitative estimate of drug-likeness (QED) is 0.827. The van der Waals surface area contributed by atoms with Crippen molar-refractivity contribution in [2.75, 3.05) is 0 Å². The summed E-state index contributed by atoms with van der Waals surface area (Å²) in [5.74, 6) is -0.639. The number of hydrogen-bond acceptors (Lipinski definition) is 3. The molecule has 0 spiro atoms. The Morgan fingerprint density at radius 3 is 2.35 bits per heavy atom. The molecule has 26 heavy (non-hydrogen) atoms. The van der Waals surface area contributed by atoms with Gasteiger partial charge in [-0.25, -0.2) is 9.18 Å². The van der Waals surface area contributed by atoms with Crippen molar-refractivity contribution in [3.63, 3.8) is 0 Å². The van der Waals surface area contributed by atoms with Crippen molar-refractivity contribution in [2.24, 2.45) is 20.0 Å². The largest absolute Gasteiger partial charge is 0.345 e. The molecule has 0 bridgehead atoms. The van der Waals surface area contributed by atoms with E-state index in [0.717, 1.165) is 10.1 Å². The topological polar surface area (TPSA) is 73.1 Å². The van der Waals surface area contributed by atoms with E-state index in [1.54, 1.807) is 12.1 Å². The van der Waals surface area contributed by atoms with Crippen LogP contribution in [0.2, 0.25) is 0 Å². The van der Waals surface area contributed by atoms with Crippen LogP contribution in [0.5, 0.6) is 0 Å². The van der Waals surface area contributed by atoms with Crippen LogP contribution in [0, 0.1) is 11.7 Å². The van der Waals surface area contributed by atoms with Crippen LogP contribution in [0.4, 0.5) is 4.39 Å². The van der Waals surface area contributed by atoms with Gasteiger partial charge in [0.2, 0.25) is 5.91 Å². The molecule has 1 aromatic heterocycles. The van der Waals surface area contributed by atoms with Crippen LogP contribution in [0.15, 0.2) is 46.1 Å². The summed E-state index contributed by atoms with van der Waals surface area (Å²) in [5.41, 5.74) is 0.109. The average molecular weight is 359 g/mol. The highest BCUT2D eigenvalue weighted by molar-refractivity contribution is 5.91. The van der Waals surface area contributed by atoms with Gasteiger partial charge < -0.3 is 9.88 Å². The molecule has 1 heterocycles. The number of halogens is 1. The van der Waals surface area contributed by atoms with Gasteiger partial charge in [0.15, 0.2) is 0 Å². The molecule has 138 valence electrons. The van der Waals surface area contributed by atoms with Crippen LogP contribution in [0.1, 0.15) is 31.0 Å². The molecule has 0 aliphatic carbocycles. The molecule has 0 radical (unpaired) electrons. The van der Waals surface area contributed by atoms with Gasteiger partial charge in [0, 0.05) is 26.4 Å². The number of rotatable bonds is 5. The Kier molecular flexibility index (Phi) is 5.92. The van der Waals surface area contributed by atoms with E-state index in [2.05, 4.69) is 5.32 Å². The van der Waals surface area contributed by atoms with Gasteiger partial charge in [-0.05, 0) is 29.7 Å². The second kappa shape index (κ2) is 7.95. The zero-order valence-electron chi connectivity index (χ0n) is 15.2. The summed E-state index contributed by atoms with van der Waals surface area (Å²) in [6.07, 6.45) is 4.01. The molecule has 2 aromatic rings. The molecule has 1 aromatic carbocycles. The molecular weight excluding hydrogens is 337 g/mol. The zero-order chi connectivity index (χ0) is 19.4. The van der Waals surface area contributed by atoms with E-state index in [4.69, 9.17) is 0 Å². The van der Waals surface area contributed by atoms with Gasteiger partial charge in [-0.15, -0.1) is 0 Å². The van der Waals surface area contributed by atoms with Crippen molar-refractivity contribution in [3.05, 3.63) is 74.3 Å². The molecule has 0 unspecified atom stereocenters. The third-order valence-electron chi connectivity index (χ3n) is 4.08. The molecule has 0 aliphatic heterocycles. The van der Waals surface area contributed by atoms with Crippen molar-refractivity contribution in [1.29, 1.82) is 0 Å². The number of aromatic nitrogens is 2. The number of amides is 1. The molecule has 0 fully saturated rings. The lowest BCUT2D eigenvalue weighted by Gasteiger charge is -2.22. The Labute approximate surface area is 150 Å². The lowest BCUT2D eigenvalue weighted by atomic mass is 9.96. The minimum absolute atomic E-state index is 0.0863. The van der Waals surface area contributed by atoms with Gasteiger partial charge in [0.25, 0.3) is 5.56 Å². The highest BCUT2D eigenvalue weighted by Crippen LogP contribution is 2.21. The van der Waals surface area contributed by atoms with E-state index >= 15 is 0 Å². The van der Waals surface area contributed by atoms with Crippen LogP contribution in [0.3, 0.4) is 0 Å². The lowest BCUT2D eigenvalue weighted by Crippen LogP contribution is -2.37. The van der Waals surface area contributed by atoms with Crippen molar-refractivity contribution in [1.82, 2.24) is 14.5 Å². The number of carbonyl (C=O) groups is 1. The highest BCUT2D eigenvalue weighted by atomic mass is 19.1. The number of carbonyl (C=O) groups excluding carboxylic acids is 1. The highest BCUT2D eigenvalue weighted by Gasteiger charge is 2.17. The fourth-order valence-corrected chi connectivity index (χ4v) is 2.62. The molecule has 0 saturated heterocycles. The average Bonchev–Trinajstić information content (AvgIpc) is 2.60. The second-order valence-electron chi connectivity index (χ2n) is 6.46. The maximum atomic E-state index is 13.1. The first-order valence-corrected chi connectivity index (χ1v) is 8.21. The first-order valence-electron chi connectivity index (χ1n) is 8.21. The SMILES string of the molecule is CC(C)[C@H](NC(=O)/C=C/c1cn(C)c(=O)n(C)c1=O)c1ccc(F)cc1. The Balaban J connectivity index is 2.21. The molecule has 1 N–H and O–H groups in total. The van der Waals surface area contributed by atoms with E-state index < -0.39 is 11.2 Å². The maximum Gasteiger partial charge on any atom is 0.330 e. The summed E-state index contributed by atoms with van der Waals surface area (Å²) in [5, 5.41) is 2.86. The normalized spacial score (nSPS) is 12.5. The number of benzene rings is 1. The maximum absolute atomic E-state index is 13.1.